The minimum Gasteiger partial charge on any atom is -0.381 e. The molecule has 0 bridgehead atoms. The summed E-state index contributed by atoms with van der Waals surface area (Å²) in [4.78, 5) is 0. The van der Waals surface area contributed by atoms with Crippen LogP contribution in [0.2, 0.25) is 0 Å². The maximum Gasteiger partial charge on any atom is 0.0483 e. The van der Waals surface area contributed by atoms with Gasteiger partial charge < -0.3 is 15.4 Å². The minimum absolute atomic E-state index is 0.316. The Labute approximate surface area is 105 Å². The van der Waals surface area contributed by atoms with Crippen LogP contribution in [-0.2, 0) is 4.74 Å². The number of fused-ring (bicyclic) bond motifs is 1. The monoisotopic (exact) mass is 238 g/mol. The van der Waals surface area contributed by atoms with Crippen molar-refractivity contribution in [3.05, 3.63) is 0 Å². The second kappa shape index (κ2) is 4.87. The molecule has 1 saturated carbocycles. The van der Waals surface area contributed by atoms with Gasteiger partial charge in [-0.2, -0.15) is 0 Å². The second-order valence-corrected chi connectivity index (χ2v) is 6.42. The summed E-state index contributed by atoms with van der Waals surface area (Å²) in [5.41, 5.74) is 0.316. The van der Waals surface area contributed by atoms with Crippen molar-refractivity contribution in [2.75, 3.05) is 26.3 Å². The molecular weight excluding hydrogens is 212 g/mol. The third-order valence-corrected chi connectivity index (χ3v) is 5.22. The van der Waals surface area contributed by atoms with Crippen LogP contribution in [0.5, 0.6) is 0 Å². The van der Waals surface area contributed by atoms with Crippen molar-refractivity contribution in [2.24, 2.45) is 11.8 Å². The minimum atomic E-state index is 0.316. The molecule has 3 rings (SSSR count). The molecule has 3 heteroatoms. The fraction of sp³-hybridized carbons (Fsp3) is 1.00. The van der Waals surface area contributed by atoms with Crippen molar-refractivity contribution in [3.8, 4) is 0 Å². The van der Waals surface area contributed by atoms with Gasteiger partial charge in [0.1, 0.15) is 0 Å². The van der Waals surface area contributed by atoms with Crippen molar-refractivity contribution < 1.29 is 4.74 Å². The Bertz CT molecular complexity index is 263. The van der Waals surface area contributed by atoms with Crippen molar-refractivity contribution >= 4 is 0 Å². The predicted molar refractivity (Wildman–Crippen MR) is 69.1 cm³/mol. The average Bonchev–Trinajstić information content (AvgIpc) is 2.90. The van der Waals surface area contributed by atoms with Crippen molar-refractivity contribution in [1.82, 2.24) is 10.6 Å². The Hall–Kier alpha value is -0.120. The molecule has 98 valence electrons. The fourth-order valence-electron chi connectivity index (χ4n) is 3.88. The Morgan fingerprint density at radius 3 is 2.94 bits per heavy atom. The van der Waals surface area contributed by atoms with Crippen LogP contribution in [0.1, 0.15) is 39.0 Å². The third kappa shape index (κ3) is 2.51. The summed E-state index contributed by atoms with van der Waals surface area (Å²) in [5.74, 6) is 1.93. The highest BCUT2D eigenvalue weighted by Crippen LogP contribution is 2.37. The predicted octanol–water partition coefficient (Wildman–Crippen LogP) is 1.53. The molecule has 2 N–H and O–H groups in total. The zero-order valence-corrected chi connectivity index (χ0v) is 11.0. The SMILES string of the molecule is CC1(NCC2NCC3CCCC32)CCOCC1. The molecule has 1 aliphatic carbocycles. The number of ether oxygens (including phenoxy) is 1. The zero-order chi connectivity index (χ0) is 11.7. The lowest BCUT2D eigenvalue weighted by atomic mass is 9.90. The van der Waals surface area contributed by atoms with Crippen LogP contribution in [0.3, 0.4) is 0 Å². The van der Waals surface area contributed by atoms with Gasteiger partial charge in [0.05, 0.1) is 0 Å². The van der Waals surface area contributed by atoms with Crippen LogP contribution in [0, 0.1) is 11.8 Å². The molecule has 3 aliphatic rings. The normalized spacial score (nSPS) is 40.4. The van der Waals surface area contributed by atoms with Gasteiger partial charge in [-0.1, -0.05) is 6.42 Å². The second-order valence-electron chi connectivity index (χ2n) is 6.42. The van der Waals surface area contributed by atoms with E-state index in [1.807, 2.05) is 0 Å². The van der Waals surface area contributed by atoms with Gasteiger partial charge in [-0.05, 0) is 51.0 Å². The van der Waals surface area contributed by atoms with Gasteiger partial charge in [0.25, 0.3) is 0 Å². The Morgan fingerprint density at radius 1 is 1.29 bits per heavy atom. The van der Waals surface area contributed by atoms with E-state index in [9.17, 15) is 0 Å². The summed E-state index contributed by atoms with van der Waals surface area (Å²) >= 11 is 0. The first-order chi connectivity index (χ1) is 8.27. The lowest BCUT2D eigenvalue weighted by Crippen LogP contribution is -2.51. The van der Waals surface area contributed by atoms with Crippen molar-refractivity contribution in [1.29, 1.82) is 0 Å². The van der Waals surface area contributed by atoms with Crippen LogP contribution in [0.15, 0.2) is 0 Å². The van der Waals surface area contributed by atoms with Gasteiger partial charge in [-0.15, -0.1) is 0 Å². The highest BCUT2D eigenvalue weighted by atomic mass is 16.5. The van der Waals surface area contributed by atoms with Crippen LogP contribution >= 0.6 is 0 Å². The molecule has 2 saturated heterocycles. The summed E-state index contributed by atoms with van der Waals surface area (Å²) in [7, 11) is 0. The maximum absolute atomic E-state index is 5.45. The number of hydrogen-bond donors (Lipinski definition) is 2. The quantitative estimate of drug-likeness (QED) is 0.782. The van der Waals surface area contributed by atoms with Gasteiger partial charge in [-0.25, -0.2) is 0 Å². The summed E-state index contributed by atoms with van der Waals surface area (Å²) in [6.07, 6.45) is 6.68. The summed E-state index contributed by atoms with van der Waals surface area (Å²) < 4.78 is 5.45. The largest absolute Gasteiger partial charge is 0.381 e. The van der Waals surface area contributed by atoms with Crippen LogP contribution < -0.4 is 10.6 Å². The standard InChI is InChI=1S/C14H26N2O/c1-14(5-7-17-8-6-14)16-10-13-12-4-2-3-11(12)9-15-13/h11-13,15-16H,2-10H2,1H3. The number of rotatable bonds is 3. The van der Waals surface area contributed by atoms with Crippen molar-refractivity contribution in [3.63, 3.8) is 0 Å². The fourth-order valence-corrected chi connectivity index (χ4v) is 3.88. The molecule has 2 aliphatic heterocycles. The van der Waals surface area contributed by atoms with Crippen LogP contribution in [0.25, 0.3) is 0 Å². The molecule has 3 nitrogen and oxygen atoms in total. The van der Waals surface area contributed by atoms with Gasteiger partial charge in [0.15, 0.2) is 0 Å². The molecule has 0 amide bonds. The van der Waals surface area contributed by atoms with E-state index in [4.69, 9.17) is 4.74 Å². The molecular formula is C14H26N2O. The highest BCUT2D eigenvalue weighted by Gasteiger charge is 2.39. The first kappa shape index (κ1) is 11.9. The lowest BCUT2D eigenvalue weighted by Gasteiger charge is -2.36. The van der Waals surface area contributed by atoms with Gasteiger partial charge in [0.2, 0.25) is 0 Å². The number of hydrogen-bond acceptors (Lipinski definition) is 3. The van der Waals surface area contributed by atoms with E-state index < -0.39 is 0 Å². The summed E-state index contributed by atoms with van der Waals surface area (Å²) in [6.45, 7) is 6.62. The zero-order valence-electron chi connectivity index (χ0n) is 11.0. The molecule has 2 heterocycles. The molecule has 0 aromatic carbocycles. The van der Waals surface area contributed by atoms with E-state index >= 15 is 0 Å². The molecule has 0 aromatic rings. The third-order valence-electron chi connectivity index (χ3n) is 5.22. The summed E-state index contributed by atoms with van der Waals surface area (Å²) in [6, 6.07) is 0.724. The Kier molecular flexibility index (Phi) is 3.42. The van der Waals surface area contributed by atoms with Gasteiger partial charge >= 0.3 is 0 Å². The molecule has 0 aromatic heterocycles. The van der Waals surface area contributed by atoms with E-state index in [0.717, 1.165) is 50.5 Å². The smallest absolute Gasteiger partial charge is 0.0483 e. The van der Waals surface area contributed by atoms with E-state index in [1.165, 1.54) is 25.8 Å². The van der Waals surface area contributed by atoms with E-state index in [2.05, 4.69) is 17.6 Å². The van der Waals surface area contributed by atoms with E-state index in [0.29, 0.717) is 5.54 Å². The van der Waals surface area contributed by atoms with E-state index in [-0.39, 0.29) is 0 Å². The Morgan fingerprint density at radius 2 is 2.12 bits per heavy atom. The van der Waals surface area contributed by atoms with Crippen LogP contribution in [0.4, 0.5) is 0 Å². The first-order valence-electron chi connectivity index (χ1n) is 7.33. The highest BCUT2D eigenvalue weighted by molar-refractivity contribution is 4.97. The Balaban J connectivity index is 1.50. The maximum atomic E-state index is 5.45. The number of nitrogens with one attached hydrogen (secondary N) is 2. The molecule has 17 heavy (non-hydrogen) atoms. The molecule has 0 spiro atoms. The van der Waals surface area contributed by atoms with Crippen molar-refractivity contribution in [2.45, 2.75) is 50.6 Å². The topological polar surface area (TPSA) is 33.3 Å². The molecule has 3 atom stereocenters. The first-order valence-corrected chi connectivity index (χ1v) is 7.33. The van der Waals surface area contributed by atoms with Gasteiger partial charge in [-0.3, -0.25) is 0 Å². The van der Waals surface area contributed by atoms with E-state index in [1.54, 1.807) is 0 Å². The van der Waals surface area contributed by atoms with Gasteiger partial charge in [0, 0.05) is 31.3 Å². The lowest BCUT2D eigenvalue weighted by molar-refractivity contribution is 0.0440. The van der Waals surface area contributed by atoms with Crippen LogP contribution in [-0.4, -0.2) is 37.9 Å². The molecule has 0 radical (unpaired) electrons. The molecule has 3 unspecified atom stereocenters. The summed E-state index contributed by atoms with van der Waals surface area (Å²) in [5, 5.41) is 7.53. The average molecular weight is 238 g/mol. The molecule has 3 fully saturated rings.